The average molecular weight is 256 g/mol. The van der Waals surface area contributed by atoms with Crippen molar-refractivity contribution in [3.8, 4) is 5.75 Å². The molecule has 0 aromatic heterocycles. The molecule has 0 bridgehead atoms. The van der Waals surface area contributed by atoms with Crippen molar-refractivity contribution in [3.05, 3.63) is 34.3 Å². The van der Waals surface area contributed by atoms with Crippen LogP contribution in [-0.2, 0) is 4.79 Å². The smallest absolute Gasteiger partial charge is 0.221 e. The number of nitrogens with two attached hydrogens (primary N) is 1. The van der Waals surface area contributed by atoms with Crippen LogP contribution in [-0.4, -0.2) is 11.0 Å². The van der Waals surface area contributed by atoms with Crippen LogP contribution in [0.3, 0.4) is 0 Å². The van der Waals surface area contributed by atoms with Crippen molar-refractivity contribution < 1.29 is 9.90 Å². The van der Waals surface area contributed by atoms with Crippen LogP contribution in [0.2, 0.25) is 0 Å². The van der Waals surface area contributed by atoms with Gasteiger partial charge < -0.3 is 10.8 Å². The fourth-order valence-electron chi connectivity index (χ4n) is 0.960. The number of primary amides is 1. The Morgan fingerprint density at radius 3 is 2.86 bits per heavy atom. The third-order valence-electron chi connectivity index (χ3n) is 1.61. The number of hydrogen-bond donors (Lipinski definition) is 2. The van der Waals surface area contributed by atoms with Gasteiger partial charge in [-0.15, -0.1) is 0 Å². The van der Waals surface area contributed by atoms with Gasteiger partial charge in [0.15, 0.2) is 0 Å². The van der Waals surface area contributed by atoms with E-state index in [4.69, 9.17) is 5.73 Å². The summed E-state index contributed by atoms with van der Waals surface area (Å²) >= 11 is 3.23. The van der Waals surface area contributed by atoms with Gasteiger partial charge in [0.25, 0.3) is 0 Å². The number of carbonyl (C=O) groups excluding carboxylic acids is 1. The molecule has 0 saturated heterocycles. The van der Waals surface area contributed by atoms with E-state index in [1.807, 2.05) is 6.07 Å². The normalized spacial score (nSPS) is 10.6. The van der Waals surface area contributed by atoms with E-state index in [0.29, 0.717) is 5.56 Å². The minimum absolute atomic E-state index is 0.167. The summed E-state index contributed by atoms with van der Waals surface area (Å²) in [7, 11) is 0. The molecule has 0 heterocycles. The number of phenols is 1. The van der Waals surface area contributed by atoms with Crippen LogP contribution in [0.1, 0.15) is 12.0 Å². The zero-order valence-electron chi connectivity index (χ0n) is 7.40. The van der Waals surface area contributed by atoms with Crippen molar-refractivity contribution >= 4 is 27.9 Å². The lowest BCUT2D eigenvalue weighted by Crippen LogP contribution is -2.07. The molecule has 74 valence electrons. The zero-order valence-corrected chi connectivity index (χ0v) is 8.99. The molecule has 1 amide bonds. The van der Waals surface area contributed by atoms with Crippen molar-refractivity contribution in [2.45, 2.75) is 6.42 Å². The number of benzene rings is 1. The Kier molecular flexibility index (Phi) is 3.71. The van der Waals surface area contributed by atoms with E-state index in [0.717, 1.165) is 4.47 Å². The Morgan fingerprint density at radius 2 is 2.29 bits per heavy atom. The van der Waals surface area contributed by atoms with Crippen molar-refractivity contribution in [3.63, 3.8) is 0 Å². The largest absolute Gasteiger partial charge is 0.507 e. The van der Waals surface area contributed by atoms with Gasteiger partial charge in [0.05, 0.1) is 0 Å². The van der Waals surface area contributed by atoms with Crippen LogP contribution < -0.4 is 5.73 Å². The second-order valence-electron chi connectivity index (χ2n) is 2.78. The first-order valence-electron chi connectivity index (χ1n) is 4.03. The third kappa shape index (κ3) is 3.22. The molecule has 14 heavy (non-hydrogen) atoms. The first-order chi connectivity index (χ1) is 6.59. The minimum atomic E-state index is -0.391. The fraction of sp³-hybridized carbons (Fsp3) is 0.100. The van der Waals surface area contributed by atoms with Gasteiger partial charge in [-0.3, -0.25) is 4.79 Å². The molecule has 1 rings (SSSR count). The summed E-state index contributed by atoms with van der Waals surface area (Å²) in [4.78, 5) is 10.4. The highest BCUT2D eigenvalue weighted by atomic mass is 79.9. The first kappa shape index (κ1) is 10.8. The molecule has 0 aliphatic heterocycles. The number of hydrogen-bond acceptors (Lipinski definition) is 2. The monoisotopic (exact) mass is 255 g/mol. The lowest BCUT2D eigenvalue weighted by atomic mass is 10.2. The quantitative estimate of drug-likeness (QED) is 0.869. The third-order valence-corrected chi connectivity index (χ3v) is 2.10. The molecule has 3 N–H and O–H groups in total. The van der Waals surface area contributed by atoms with Crippen LogP contribution in [0.4, 0.5) is 0 Å². The van der Waals surface area contributed by atoms with E-state index in [9.17, 15) is 9.90 Å². The molecule has 0 atom stereocenters. The number of aromatic hydroxyl groups is 1. The van der Waals surface area contributed by atoms with Gasteiger partial charge in [-0.25, -0.2) is 0 Å². The molecule has 1 aromatic rings. The second kappa shape index (κ2) is 4.81. The van der Waals surface area contributed by atoms with Crippen LogP contribution in [0.5, 0.6) is 5.75 Å². The fourth-order valence-corrected chi connectivity index (χ4v) is 1.31. The van der Waals surface area contributed by atoms with E-state index >= 15 is 0 Å². The number of amides is 1. The van der Waals surface area contributed by atoms with E-state index in [1.54, 1.807) is 24.3 Å². The second-order valence-corrected chi connectivity index (χ2v) is 3.69. The molecule has 1 aromatic carbocycles. The molecule has 0 spiro atoms. The molecular formula is C10H10BrNO2. The van der Waals surface area contributed by atoms with Crippen LogP contribution >= 0.6 is 15.9 Å². The van der Waals surface area contributed by atoms with Crippen molar-refractivity contribution in [2.24, 2.45) is 5.73 Å². The SMILES string of the molecule is NC(=O)CC=Cc1ccc(Br)cc1O. The van der Waals surface area contributed by atoms with Gasteiger partial charge in [-0.2, -0.15) is 0 Å². The van der Waals surface area contributed by atoms with Gasteiger partial charge >= 0.3 is 0 Å². The maximum atomic E-state index is 10.4. The number of halogens is 1. The summed E-state index contributed by atoms with van der Waals surface area (Å²) in [6.45, 7) is 0. The van der Waals surface area contributed by atoms with Gasteiger partial charge in [0, 0.05) is 16.5 Å². The summed E-state index contributed by atoms with van der Waals surface area (Å²) in [6, 6.07) is 5.14. The van der Waals surface area contributed by atoms with Crippen molar-refractivity contribution in [1.29, 1.82) is 0 Å². The highest BCUT2D eigenvalue weighted by molar-refractivity contribution is 9.10. The summed E-state index contributed by atoms with van der Waals surface area (Å²) < 4.78 is 0.807. The highest BCUT2D eigenvalue weighted by Gasteiger charge is 1.97. The van der Waals surface area contributed by atoms with Gasteiger partial charge in [0.1, 0.15) is 5.75 Å². The highest BCUT2D eigenvalue weighted by Crippen LogP contribution is 2.23. The number of carbonyl (C=O) groups is 1. The summed E-state index contributed by atoms with van der Waals surface area (Å²) in [6.07, 6.45) is 3.45. The molecule has 0 aliphatic carbocycles. The Balaban J connectivity index is 2.76. The molecule has 0 fully saturated rings. The molecule has 4 heteroatoms. The Bertz CT molecular complexity index is 374. The Labute approximate surface area is 90.4 Å². The average Bonchev–Trinajstić information content (AvgIpc) is 2.08. The number of rotatable bonds is 3. The van der Waals surface area contributed by atoms with E-state index in [2.05, 4.69) is 15.9 Å². The Hall–Kier alpha value is -1.29. The van der Waals surface area contributed by atoms with Crippen LogP contribution in [0, 0.1) is 0 Å². The molecule has 0 aliphatic rings. The summed E-state index contributed by atoms with van der Waals surface area (Å²) in [5, 5.41) is 9.46. The van der Waals surface area contributed by atoms with Gasteiger partial charge in [-0.1, -0.05) is 34.1 Å². The van der Waals surface area contributed by atoms with Crippen LogP contribution in [0.25, 0.3) is 6.08 Å². The lowest BCUT2D eigenvalue weighted by molar-refractivity contribution is -0.117. The summed E-state index contributed by atoms with van der Waals surface area (Å²) in [5.41, 5.74) is 5.62. The predicted octanol–water partition coefficient (Wildman–Crippen LogP) is 2.04. The Morgan fingerprint density at radius 1 is 1.57 bits per heavy atom. The first-order valence-corrected chi connectivity index (χ1v) is 4.82. The zero-order chi connectivity index (χ0) is 10.6. The predicted molar refractivity (Wildman–Crippen MR) is 58.7 cm³/mol. The van der Waals surface area contributed by atoms with Crippen LogP contribution in [0.15, 0.2) is 28.7 Å². The maximum absolute atomic E-state index is 10.4. The molecule has 0 unspecified atom stereocenters. The van der Waals surface area contributed by atoms with Gasteiger partial charge in [-0.05, 0) is 12.1 Å². The standard InChI is InChI=1S/C10H10BrNO2/c11-8-5-4-7(9(13)6-8)2-1-3-10(12)14/h1-2,4-6,13H,3H2,(H2,12,14). The molecule has 3 nitrogen and oxygen atoms in total. The lowest BCUT2D eigenvalue weighted by Gasteiger charge is -1.98. The minimum Gasteiger partial charge on any atom is -0.507 e. The van der Waals surface area contributed by atoms with E-state index < -0.39 is 5.91 Å². The van der Waals surface area contributed by atoms with E-state index in [1.165, 1.54) is 0 Å². The van der Waals surface area contributed by atoms with Crippen molar-refractivity contribution in [2.75, 3.05) is 0 Å². The number of phenolic OH excluding ortho intramolecular Hbond substituents is 1. The van der Waals surface area contributed by atoms with Crippen molar-refractivity contribution in [1.82, 2.24) is 0 Å². The molecule has 0 radical (unpaired) electrons. The molecular weight excluding hydrogens is 246 g/mol. The molecule has 0 saturated carbocycles. The maximum Gasteiger partial charge on any atom is 0.221 e. The van der Waals surface area contributed by atoms with E-state index in [-0.39, 0.29) is 12.2 Å². The topological polar surface area (TPSA) is 63.3 Å². The van der Waals surface area contributed by atoms with Gasteiger partial charge in [0.2, 0.25) is 5.91 Å². The summed E-state index contributed by atoms with van der Waals surface area (Å²) in [5.74, 6) is -0.224.